The highest BCUT2D eigenvalue weighted by Gasteiger charge is 2.36. The molecule has 0 radical (unpaired) electrons. The molecule has 25 heavy (non-hydrogen) atoms. The van der Waals surface area contributed by atoms with Gasteiger partial charge in [-0.25, -0.2) is 4.99 Å². The van der Waals surface area contributed by atoms with E-state index >= 15 is 0 Å². The normalized spacial score (nSPS) is 20.4. The summed E-state index contributed by atoms with van der Waals surface area (Å²) in [6.45, 7) is 4.61. The average molecular weight is 387 g/mol. The largest absolute Gasteiger partial charge is 0.470 e. The predicted molar refractivity (Wildman–Crippen MR) is 101 cm³/mol. The lowest BCUT2D eigenvalue weighted by atomic mass is 10.0. The second kappa shape index (κ2) is 9.74. The van der Waals surface area contributed by atoms with E-state index in [1.807, 2.05) is 18.4 Å². The fourth-order valence-corrected chi connectivity index (χ4v) is 4.59. The molecule has 140 valence electrons. The number of methoxy groups -OCH3 is 1. The molecule has 0 bridgehead atoms. The van der Waals surface area contributed by atoms with Gasteiger partial charge in [0.1, 0.15) is 18.3 Å². The number of aliphatic imine (C=N–C) groups is 1. The van der Waals surface area contributed by atoms with Crippen molar-refractivity contribution in [1.82, 2.24) is 0 Å². The maximum atomic E-state index is 12.7. The minimum atomic E-state index is -3.24. The summed E-state index contributed by atoms with van der Waals surface area (Å²) in [7, 11) is -1.61. The Bertz CT molecular complexity index is 612. The molecular formula is C17H26NO5PS. The number of nitrogens with zero attached hydrogens (tertiary/aromatic N) is 1. The van der Waals surface area contributed by atoms with E-state index in [9.17, 15) is 4.57 Å². The Morgan fingerprint density at radius 3 is 2.36 bits per heavy atom. The highest BCUT2D eigenvalue weighted by Crippen LogP contribution is 2.49. The Labute approximate surface area is 153 Å². The molecule has 0 spiro atoms. The Morgan fingerprint density at radius 1 is 1.20 bits per heavy atom. The van der Waals surface area contributed by atoms with Crippen molar-refractivity contribution in [2.45, 2.75) is 30.9 Å². The molecule has 1 aromatic carbocycles. The SMILES string of the molecule is CCOP(=O)(CC1=N[C@@H](COC)[C@H](c2ccc(SC)cc2)O1)OCC. The minimum Gasteiger partial charge on any atom is -0.470 e. The first-order valence-corrected chi connectivity index (χ1v) is 11.2. The zero-order valence-electron chi connectivity index (χ0n) is 15.1. The molecule has 0 aromatic heterocycles. The van der Waals surface area contributed by atoms with Crippen molar-refractivity contribution in [2.24, 2.45) is 4.99 Å². The third kappa shape index (κ3) is 5.56. The molecule has 1 aliphatic rings. The molecule has 2 atom stereocenters. The zero-order valence-corrected chi connectivity index (χ0v) is 16.8. The standard InChI is InChI=1S/C17H26NO5PS/c1-5-21-24(19,22-6-2)12-16-18-15(11-20-3)17(23-16)13-7-9-14(25-4)10-8-13/h7-10,15,17H,5-6,11-12H2,1-4H3/t15-,17-/m0/s1. The molecule has 2 rings (SSSR count). The smallest absolute Gasteiger partial charge is 0.339 e. The van der Waals surface area contributed by atoms with Crippen LogP contribution in [-0.4, -0.2) is 51.3 Å². The van der Waals surface area contributed by atoms with Gasteiger partial charge in [-0.05, 0) is 37.8 Å². The molecular weight excluding hydrogens is 361 g/mol. The Morgan fingerprint density at radius 2 is 1.84 bits per heavy atom. The zero-order chi connectivity index (χ0) is 18.3. The molecule has 0 fully saturated rings. The highest BCUT2D eigenvalue weighted by atomic mass is 32.2. The molecule has 0 unspecified atom stereocenters. The van der Waals surface area contributed by atoms with Crippen LogP contribution >= 0.6 is 19.4 Å². The van der Waals surface area contributed by atoms with Gasteiger partial charge in [-0.2, -0.15) is 0 Å². The highest BCUT2D eigenvalue weighted by molar-refractivity contribution is 7.98. The van der Waals surface area contributed by atoms with Crippen molar-refractivity contribution in [2.75, 3.05) is 39.3 Å². The first kappa shape index (κ1) is 20.5. The molecule has 1 aliphatic heterocycles. The first-order valence-electron chi connectivity index (χ1n) is 8.29. The lowest BCUT2D eigenvalue weighted by Gasteiger charge is -2.19. The van der Waals surface area contributed by atoms with E-state index in [1.165, 1.54) is 4.90 Å². The molecule has 8 heteroatoms. The third-order valence-corrected chi connectivity index (χ3v) is 6.39. The van der Waals surface area contributed by atoms with Gasteiger partial charge in [0.15, 0.2) is 5.90 Å². The molecule has 0 saturated carbocycles. The topological polar surface area (TPSA) is 66.4 Å². The van der Waals surface area contributed by atoms with Crippen LogP contribution in [0.25, 0.3) is 0 Å². The summed E-state index contributed by atoms with van der Waals surface area (Å²) in [5.74, 6) is 0.395. The Kier molecular flexibility index (Phi) is 7.97. The molecule has 0 N–H and O–H groups in total. The quantitative estimate of drug-likeness (QED) is 0.444. The number of benzene rings is 1. The van der Waals surface area contributed by atoms with Crippen LogP contribution in [0.4, 0.5) is 0 Å². The number of ether oxygens (including phenoxy) is 2. The van der Waals surface area contributed by atoms with Crippen molar-refractivity contribution in [3.63, 3.8) is 0 Å². The number of hydrogen-bond donors (Lipinski definition) is 0. The lowest BCUT2D eigenvalue weighted by molar-refractivity contribution is 0.119. The minimum absolute atomic E-state index is 0.0360. The van der Waals surface area contributed by atoms with Crippen LogP contribution in [0, 0.1) is 0 Å². The van der Waals surface area contributed by atoms with Gasteiger partial charge in [-0.1, -0.05) is 12.1 Å². The number of thioether (sulfide) groups is 1. The van der Waals surface area contributed by atoms with Gasteiger partial charge >= 0.3 is 7.60 Å². The lowest BCUT2D eigenvalue weighted by Crippen LogP contribution is -2.19. The van der Waals surface area contributed by atoms with Crippen molar-refractivity contribution in [1.29, 1.82) is 0 Å². The van der Waals surface area contributed by atoms with Gasteiger partial charge in [0.05, 0.1) is 19.8 Å². The van der Waals surface area contributed by atoms with Crippen molar-refractivity contribution in [3.8, 4) is 0 Å². The predicted octanol–water partition coefficient (Wildman–Crippen LogP) is 4.16. The van der Waals surface area contributed by atoms with Gasteiger partial charge in [0.2, 0.25) is 0 Å². The molecule has 0 aliphatic carbocycles. The summed E-state index contributed by atoms with van der Waals surface area (Å²) >= 11 is 1.69. The third-order valence-electron chi connectivity index (χ3n) is 3.68. The monoisotopic (exact) mass is 387 g/mol. The van der Waals surface area contributed by atoms with Crippen molar-refractivity contribution >= 4 is 25.3 Å². The summed E-state index contributed by atoms with van der Waals surface area (Å²) in [6, 6.07) is 7.98. The van der Waals surface area contributed by atoms with Gasteiger partial charge in [-0.3, -0.25) is 4.57 Å². The van der Waals surface area contributed by atoms with Crippen LogP contribution in [0.3, 0.4) is 0 Å². The average Bonchev–Trinajstić information content (AvgIpc) is 2.97. The Hall–Kier alpha value is -0.850. The molecule has 0 amide bonds. The van der Waals surface area contributed by atoms with E-state index in [2.05, 4.69) is 17.1 Å². The summed E-state index contributed by atoms with van der Waals surface area (Å²) < 4.78 is 34.7. The van der Waals surface area contributed by atoms with E-state index in [4.69, 9.17) is 18.5 Å². The second-order valence-electron chi connectivity index (χ2n) is 5.46. The van der Waals surface area contributed by atoms with E-state index in [0.717, 1.165) is 5.56 Å². The maximum absolute atomic E-state index is 12.7. The van der Waals surface area contributed by atoms with Crippen LogP contribution in [-0.2, 0) is 23.1 Å². The van der Waals surface area contributed by atoms with Gasteiger partial charge in [0, 0.05) is 12.0 Å². The molecule has 1 aromatic rings. The maximum Gasteiger partial charge on any atom is 0.339 e. The molecule has 1 heterocycles. The van der Waals surface area contributed by atoms with Gasteiger partial charge in [0.25, 0.3) is 0 Å². The molecule has 0 saturated heterocycles. The number of rotatable bonds is 10. The fourth-order valence-electron chi connectivity index (χ4n) is 2.65. The van der Waals surface area contributed by atoms with E-state index in [1.54, 1.807) is 32.7 Å². The summed E-state index contributed by atoms with van der Waals surface area (Å²) in [5, 5.41) is 0. The van der Waals surface area contributed by atoms with Gasteiger partial charge < -0.3 is 18.5 Å². The summed E-state index contributed by atoms with van der Waals surface area (Å²) in [6.07, 6.45) is 1.81. The van der Waals surface area contributed by atoms with Crippen LogP contribution in [0.2, 0.25) is 0 Å². The number of hydrogen-bond acceptors (Lipinski definition) is 7. The van der Waals surface area contributed by atoms with Crippen LogP contribution in [0.5, 0.6) is 0 Å². The van der Waals surface area contributed by atoms with E-state index < -0.39 is 7.60 Å². The van der Waals surface area contributed by atoms with Gasteiger partial charge in [-0.15, -0.1) is 11.8 Å². The van der Waals surface area contributed by atoms with Crippen molar-refractivity contribution in [3.05, 3.63) is 29.8 Å². The molecule has 6 nitrogen and oxygen atoms in total. The van der Waals surface area contributed by atoms with E-state index in [0.29, 0.717) is 25.7 Å². The summed E-state index contributed by atoms with van der Waals surface area (Å²) in [4.78, 5) is 5.74. The fraction of sp³-hybridized carbons (Fsp3) is 0.588. The van der Waals surface area contributed by atoms with Crippen molar-refractivity contribution < 1.29 is 23.1 Å². The van der Waals surface area contributed by atoms with Crippen LogP contribution in [0.1, 0.15) is 25.5 Å². The van der Waals surface area contributed by atoms with Crippen LogP contribution in [0.15, 0.2) is 34.2 Å². The first-order chi connectivity index (χ1) is 12.0. The Balaban J connectivity index is 2.15. The van der Waals surface area contributed by atoms with E-state index in [-0.39, 0.29) is 18.3 Å². The second-order valence-corrected chi connectivity index (χ2v) is 8.40. The van der Waals surface area contributed by atoms with Crippen LogP contribution < -0.4 is 0 Å². The summed E-state index contributed by atoms with van der Waals surface area (Å²) in [5.41, 5.74) is 1.02.